The molecule has 1 aliphatic carbocycles. The van der Waals surface area contributed by atoms with E-state index in [1.807, 2.05) is 72.4 Å². The highest BCUT2D eigenvalue weighted by molar-refractivity contribution is 7.99. The summed E-state index contributed by atoms with van der Waals surface area (Å²) in [6.45, 7) is 0. The molecule has 0 amide bonds. The van der Waals surface area contributed by atoms with Crippen LogP contribution in [-0.4, -0.2) is 19.9 Å². The predicted octanol–water partition coefficient (Wildman–Crippen LogP) is 14.7. The largest absolute Gasteiger partial charge is 0.247 e. The van der Waals surface area contributed by atoms with Crippen molar-refractivity contribution in [2.75, 3.05) is 0 Å². The number of aromatic nitrogens is 4. The van der Waals surface area contributed by atoms with Gasteiger partial charge in [0.2, 0.25) is 0 Å². The van der Waals surface area contributed by atoms with E-state index in [0.29, 0.717) is 17.5 Å². The van der Waals surface area contributed by atoms with Crippen LogP contribution in [0.3, 0.4) is 0 Å². The molecule has 2 aromatic heterocycles. The monoisotopic (exact) mass is 832 g/mol. The van der Waals surface area contributed by atoms with Gasteiger partial charge in [-0.25, -0.2) is 19.9 Å². The van der Waals surface area contributed by atoms with Crippen LogP contribution in [0.4, 0.5) is 0 Å². The van der Waals surface area contributed by atoms with Crippen LogP contribution >= 0.6 is 11.8 Å². The minimum atomic E-state index is -0.475. The molecule has 0 atom stereocenters. The van der Waals surface area contributed by atoms with Gasteiger partial charge >= 0.3 is 0 Å². The van der Waals surface area contributed by atoms with Gasteiger partial charge in [0.15, 0.2) is 17.5 Å². The normalized spacial score (nSPS) is 13.1. The number of fused-ring (bicyclic) bond motifs is 12. The van der Waals surface area contributed by atoms with Crippen molar-refractivity contribution < 1.29 is 0 Å². The van der Waals surface area contributed by atoms with Gasteiger partial charge in [-0.2, -0.15) is 0 Å². The summed E-state index contributed by atoms with van der Waals surface area (Å²) in [4.78, 5) is 23.1. The fourth-order valence-electron chi connectivity index (χ4n) is 10.1. The smallest absolute Gasteiger partial charge is 0.164 e. The van der Waals surface area contributed by atoms with Crippen LogP contribution in [0.1, 0.15) is 22.3 Å². The van der Waals surface area contributed by atoms with Crippen molar-refractivity contribution in [3.63, 3.8) is 0 Å². The van der Waals surface area contributed by atoms with Crippen molar-refractivity contribution in [3.05, 3.63) is 241 Å². The lowest BCUT2D eigenvalue weighted by Gasteiger charge is -2.40. The van der Waals surface area contributed by atoms with Gasteiger partial charge in [0.05, 0.1) is 16.6 Å². The zero-order valence-electron chi connectivity index (χ0n) is 34.5. The number of rotatable bonds is 5. The average Bonchev–Trinajstić information content (AvgIpc) is 3.66. The molecule has 1 spiro atoms. The Balaban J connectivity index is 1.02. The molecule has 0 N–H and O–H groups in total. The molecule has 298 valence electrons. The van der Waals surface area contributed by atoms with Crippen LogP contribution in [-0.2, 0) is 5.41 Å². The third-order valence-corrected chi connectivity index (χ3v) is 14.1. The summed E-state index contributed by atoms with van der Waals surface area (Å²) in [7, 11) is 0. The van der Waals surface area contributed by atoms with Gasteiger partial charge in [0.1, 0.15) is 0 Å². The molecule has 11 aromatic rings. The second-order valence-corrected chi connectivity index (χ2v) is 17.6. The fourth-order valence-corrected chi connectivity index (χ4v) is 11.3. The highest BCUT2D eigenvalue weighted by atomic mass is 32.2. The van der Waals surface area contributed by atoms with Crippen LogP contribution in [0.2, 0.25) is 0 Å². The molecule has 5 heteroatoms. The molecular formula is C59H36N4S. The summed E-state index contributed by atoms with van der Waals surface area (Å²) in [5.41, 5.74) is 15.4. The van der Waals surface area contributed by atoms with Crippen LogP contribution in [0.25, 0.3) is 89.4 Å². The number of hydrogen-bond donors (Lipinski definition) is 0. The molecule has 0 bridgehead atoms. The molecule has 4 nitrogen and oxygen atoms in total. The second kappa shape index (κ2) is 14.6. The molecule has 3 heterocycles. The van der Waals surface area contributed by atoms with E-state index in [4.69, 9.17) is 19.9 Å². The van der Waals surface area contributed by atoms with Crippen LogP contribution in [0, 0.1) is 0 Å². The van der Waals surface area contributed by atoms with Crippen molar-refractivity contribution in [2.24, 2.45) is 0 Å². The highest BCUT2D eigenvalue weighted by Gasteiger charge is 2.50. The molecule has 0 radical (unpaired) electrons. The maximum absolute atomic E-state index is 5.54. The Kier molecular flexibility index (Phi) is 8.33. The van der Waals surface area contributed by atoms with Gasteiger partial charge in [-0.05, 0) is 80.2 Å². The van der Waals surface area contributed by atoms with Crippen LogP contribution < -0.4 is 0 Å². The van der Waals surface area contributed by atoms with E-state index in [1.54, 1.807) is 0 Å². The molecule has 1 aliphatic heterocycles. The fraction of sp³-hybridized carbons (Fsp3) is 0.0169. The van der Waals surface area contributed by atoms with E-state index in [2.05, 4.69) is 158 Å². The minimum absolute atomic E-state index is 0.475. The van der Waals surface area contributed by atoms with Crippen molar-refractivity contribution in [1.29, 1.82) is 0 Å². The van der Waals surface area contributed by atoms with Gasteiger partial charge in [0.25, 0.3) is 0 Å². The van der Waals surface area contributed by atoms with Crippen molar-refractivity contribution in [2.45, 2.75) is 15.2 Å². The van der Waals surface area contributed by atoms with E-state index in [1.165, 1.54) is 48.6 Å². The van der Waals surface area contributed by atoms with Gasteiger partial charge in [-0.1, -0.05) is 200 Å². The van der Waals surface area contributed by atoms with E-state index >= 15 is 0 Å². The van der Waals surface area contributed by atoms with Crippen LogP contribution in [0.5, 0.6) is 0 Å². The maximum Gasteiger partial charge on any atom is 0.164 e. The number of hydrogen-bond acceptors (Lipinski definition) is 5. The third-order valence-electron chi connectivity index (χ3n) is 13.0. The third kappa shape index (κ3) is 5.64. The quantitative estimate of drug-likeness (QED) is 0.162. The maximum atomic E-state index is 5.54. The van der Waals surface area contributed by atoms with Gasteiger partial charge < -0.3 is 0 Å². The average molecular weight is 833 g/mol. The molecule has 2 aliphatic rings. The Morgan fingerprint density at radius 1 is 0.297 bits per heavy atom. The molecular weight excluding hydrogens is 797 g/mol. The van der Waals surface area contributed by atoms with Crippen molar-refractivity contribution in [1.82, 2.24) is 19.9 Å². The summed E-state index contributed by atoms with van der Waals surface area (Å²) < 4.78 is 0. The minimum Gasteiger partial charge on any atom is -0.247 e. The number of nitrogens with zero attached hydrogens (tertiary/aromatic N) is 4. The predicted molar refractivity (Wildman–Crippen MR) is 261 cm³/mol. The lowest BCUT2D eigenvalue weighted by molar-refractivity contribution is 0.724. The molecule has 0 saturated carbocycles. The Morgan fingerprint density at radius 2 is 0.812 bits per heavy atom. The molecule has 0 saturated heterocycles. The van der Waals surface area contributed by atoms with Gasteiger partial charge in [0, 0.05) is 42.8 Å². The van der Waals surface area contributed by atoms with E-state index in [-0.39, 0.29) is 0 Å². The van der Waals surface area contributed by atoms with Crippen LogP contribution in [0.15, 0.2) is 228 Å². The van der Waals surface area contributed by atoms with E-state index < -0.39 is 5.41 Å². The highest BCUT2D eigenvalue weighted by Crippen LogP contribution is 2.62. The lowest BCUT2D eigenvalue weighted by Crippen LogP contribution is -2.32. The first kappa shape index (κ1) is 36.6. The zero-order chi connectivity index (χ0) is 42.2. The Bertz CT molecular complexity index is 3540. The second-order valence-electron chi connectivity index (χ2n) is 16.5. The number of benzene rings is 9. The van der Waals surface area contributed by atoms with Crippen molar-refractivity contribution >= 4 is 33.4 Å². The first-order valence-electron chi connectivity index (χ1n) is 21.6. The molecule has 0 fully saturated rings. The Hall–Kier alpha value is -7.99. The molecule has 13 rings (SSSR count). The summed E-state index contributed by atoms with van der Waals surface area (Å²) in [6.07, 6.45) is 0. The molecule has 64 heavy (non-hydrogen) atoms. The first-order chi connectivity index (χ1) is 31.7. The standard InChI is InChI=1S/C59H36N4S/c1-4-17-37(18-5-1)55-47-36-54-51(59(50-29-14-15-30-53(50)64-54)48-27-12-10-25-43(48)44-26-11-13-28-49(44)59)35-46(47)45-32-31-41(34-52(45)60-55)40-23-16-24-42(33-40)58-62-56(38-19-6-2-7-20-38)61-57(63-58)39-21-8-3-9-22-39/h1-36H. The Morgan fingerprint density at radius 3 is 1.47 bits per heavy atom. The topological polar surface area (TPSA) is 51.6 Å². The van der Waals surface area contributed by atoms with E-state index in [0.717, 1.165) is 55.4 Å². The SMILES string of the molecule is c1ccc(-c2nc(-c3ccccc3)nc(-c3cccc(-c4ccc5c(c4)nc(-c4ccccc4)c4cc6c(cc45)C4(c5ccccc5S6)c5ccccc5-c5ccccc54)c3)n2)cc1. The van der Waals surface area contributed by atoms with Gasteiger partial charge in [-0.3, -0.25) is 0 Å². The number of pyridine rings is 1. The zero-order valence-corrected chi connectivity index (χ0v) is 35.3. The lowest BCUT2D eigenvalue weighted by atomic mass is 9.67. The summed E-state index contributed by atoms with van der Waals surface area (Å²) in [5, 5.41) is 3.46. The molecule has 0 unspecified atom stereocenters. The summed E-state index contributed by atoms with van der Waals surface area (Å²) in [6, 6.07) is 78.1. The Labute approximate surface area is 375 Å². The van der Waals surface area contributed by atoms with E-state index in [9.17, 15) is 0 Å². The summed E-state index contributed by atoms with van der Waals surface area (Å²) >= 11 is 1.87. The van der Waals surface area contributed by atoms with Gasteiger partial charge in [-0.15, -0.1) is 0 Å². The van der Waals surface area contributed by atoms with Crippen molar-refractivity contribution in [3.8, 4) is 67.7 Å². The first-order valence-corrected chi connectivity index (χ1v) is 22.4. The molecule has 9 aromatic carbocycles. The summed E-state index contributed by atoms with van der Waals surface area (Å²) in [5.74, 6) is 1.90.